The van der Waals surface area contributed by atoms with Gasteiger partial charge in [-0.3, -0.25) is 9.59 Å². The zero-order valence-electron chi connectivity index (χ0n) is 15.6. The van der Waals surface area contributed by atoms with Gasteiger partial charge in [-0.1, -0.05) is 31.2 Å². The van der Waals surface area contributed by atoms with Crippen molar-refractivity contribution in [2.75, 3.05) is 26.0 Å². The van der Waals surface area contributed by atoms with Crippen LogP contribution in [0, 0.1) is 0 Å². The lowest BCUT2D eigenvalue weighted by Crippen LogP contribution is -2.35. The molecular weight excluding hydrogens is 328 g/mol. The Kier molecular flexibility index (Phi) is 7.21. The first-order valence-corrected chi connectivity index (χ1v) is 8.77. The molecule has 0 saturated carbocycles. The number of benzene rings is 2. The lowest BCUT2D eigenvalue weighted by Gasteiger charge is -2.17. The van der Waals surface area contributed by atoms with Crippen molar-refractivity contribution in [1.29, 1.82) is 0 Å². The van der Waals surface area contributed by atoms with Gasteiger partial charge in [0.15, 0.2) is 0 Å². The summed E-state index contributed by atoms with van der Waals surface area (Å²) < 4.78 is 5.08. The molecule has 0 aliphatic carbocycles. The zero-order valence-corrected chi connectivity index (χ0v) is 15.6. The zero-order chi connectivity index (χ0) is 18.9. The number of hydrogen-bond donors (Lipinski definition) is 1. The van der Waals surface area contributed by atoms with Crippen LogP contribution in [0.4, 0.5) is 5.69 Å². The van der Waals surface area contributed by atoms with Crippen molar-refractivity contribution in [2.24, 2.45) is 0 Å². The number of nitrogens with zero attached hydrogens (tertiary/aromatic N) is 1. The number of rotatable bonds is 8. The smallest absolute Gasteiger partial charge is 0.243 e. The number of anilines is 1. The van der Waals surface area contributed by atoms with Crippen LogP contribution in [0.3, 0.4) is 0 Å². The minimum atomic E-state index is -0.224. The van der Waals surface area contributed by atoms with Gasteiger partial charge in [0.1, 0.15) is 5.75 Å². The second kappa shape index (κ2) is 9.61. The van der Waals surface area contributed by atoms with Gasteiger partial charge < -0.3 is 15.0 Å². The summed E-state index contributed by atoms with van der Waals surface area (Å²) in [6, 6.07) is 15.4. The Morgan fingerprint density at radius 1 is 1.00 bits per heavy atom. The van der Waals surface area contributed by atoms with E-state index in [0.717, 1.165) is 17.7 Å². The van der Waals surface area contributed by atoms with Crippen LogP contribution in [0.2, 0.25) is 0 Å². The lowest BCUT2D eigenvalue weighted by molar-refractivity contribution is -0.133. The van der Waals surface area contributed by atoms with Gasteiger partial charge in [-0.2, -0.15) is 0 Å². The maximum Gasteiger partial charge on any atom is 0.243 e. The predicted molar refractivity (Wildman–Crippen MR) is 103 cm³/mol. The van der Waals surface area contributed by atoms with Crippen LogP contribution in [-0.4, -0.2) is 37.4 Å². The molecule has 2 aromatic rings. The molecule has 0 aliphatic heterocycles. The van der Waals surface area contributed by atoms with E-state index >= 15 is 0 Å². The molecule has 0 unspecified atom stereocenters. The van der Waals surface area contributed by atoms with Crippen LogP contribution >= 0.6 is 0 Å². The molecule has 0 heterocycles. The molecule has 0 saturated heterocycles. The van der Waals surface area contributed by atoms with Crippen LogP contribution in [0.5, 0.6) is 5.75 Å². The minimum Gasteiger partial charge on any atom is -0.497 e. The van der Waals surface area contributed by atoms with E-state index in [0.29, 0.717) is 18.5 Å². The number of carbonyl (C=O) groups excluding carboxylic acids is 2. The van der Waals surface area contributed by atoms with Crippen molar-refractivity contribution in [3.05, 3.63) is 59.7 Å². The Balaban J connectivity index is 1.78. The quantitative estimate of drug-likeness (QED) is 0.791. The molecule has 5 heteroatoms. The van der Waals surface area contributed by atoms with Crippen molar-refractivity contribution in [1.82, 2.24) is 4.90 Å². The Morgan fingerprint density at radius 3 is 2.19 bits per heavy atom. The first-order chi connectivity index (χ1) is 12.5. The molecule has 0 fully saturated rings. The first kappa shape index (κ1) is 19.5. The van der Waals surface area contributed by atoms with Gasteiger partial charge in [-0.15, -0.1) is 0 Å². The number of likely N-dealkylation sites (N-methyl/N-ethyl adjacent to an activating group) is 1. The Hall–Kier alpha value is -2.82. The van der Waals surface area contributed by atoms with Gasteiger partial charge in [0, 0.05) is 19.2 Å². The van der Waals surface area contributed by atoms with Gasteiger partial charge in [0.05, 0.1) is 13.7 Å². The first-order valence-electron chi connectivity index (χ1n) is 8.77. The standard InChI is InChI=1S/C21H26N2O3/c1-4-16-5-7-17(8-6-16)9-14-21(25)23(2)15-20(24)22-18-10-12-19(26-3)13-11-18/h5-8,10-13H,4,9,14-15H2,1-3H3,(H,22,24). The molecular formula is C21H26N2O3. The monoisotopic (exact) mass is 354 g/mol. The average molecular weight is 354 g/mol. The molecule has 1 N–H and O–H groups in total. The van der Waals surface area contributed by atoms with Gasteiger partial charge in [0.2, 0.25) is 11.8 Å². The Morgan fingerprint density at radius 2 is 1.62 bits per heavy atom. The summed E-state index contributed by atoms with van der Waals surface area (Å²) in [5.41, 5.74) is 3.09. The molecule has 2 aromatic carbocycles. The van der Waals surface area contributed by atoms with Crippen LogP contribution in [-0.2, 0) is 22.4 Å². The highest BCUT2D eigenvalue weighted by molar-refractivity contribution is 5.94. The highest BCUT2D eigenvalue weighted by atomic mass is 16.5. The normalized spacial score (nSPS) is 10.3. The predicted octanol–water partition coefficient (Wildman–Crippen LogP) is 3.29. The SMILES string of the molecule is CCc1ccc(CCC(=O)N(C)CC(=O)Nc2ccc(OC)cc2)cc1. The fourth-order valence-corrected chi connectivity index (χ4v) is 2.56. The number of methoxy groups -OCH3 is 1. The summed E-state index contributed by atoms with van der Waals surface area (Å²) in [7, 11) is 3.24. The fraction of sp³-hybridized carbons (Fsp3) is 0.333. The molecule has 0 aromatic heterocycles. The summed E-state index contributed by atoms with van der Waals surface area (Å²) in [4.78, 5) is 25.8. The van der Waals surface area contributed by atoms with Crippen LogP contribution in [0.15, 0.2) is 48.5 Å². The van der Waals surface area contributed by atoms with E-state index in [1.165, 1.54) is 10.5 Å². The van der Waals surface area contributed by atoms with Crippen LogP contribution < -0.4 is 10.1 Å². The topological polar surface area (TPSA) is 58.6 Å². The molecule has 0 bridgehead atoms. The van der Waals surface area contributed by atoms with E-state index in [4.69, 9.17) is 4.74 Å². The number of ether oxygens (including phenoxy) is 1. The molecule has 5 nitrogen and oxygen atoms in total. The molecule has 0 spiro atoms. The van der Waals surface area contributed by atoms with E-state index < -0.39 is 0 Å². The third-order valence-corrected chi connectivity index (χ3v) is 4.24. The Bertz CT molecular complexity index is 724. The van der Waals surface area contributed by atoms with Gasteiger partial charge >= 0.3 is 0 Å². The average Bonchev–Trinajstić information content (AvgIpc) is 2.66. The Labute approximate surface area is 155 Å². The van der Waals surface area contributed by atoms with Crippen molar-refractivity contribution < 1.29 is 14.3 Å². The van der Waals surface area contributed by atoms with E-state index in [1.54, 1.807) is 38.4 Å². The summed E-state index contributed by atoms with van der Waals surface area (Å²) in [6.07, 6.45) is 2.07. The van der Waals surface area contributed by atoms with E-state index in [2.05, 4.69) is 36.5 Å². The number of amides is 2. The fourth-order valence-electron chi connectivity index (χ4n) is 2.56. The summed E-state index contributed by atoms with van der Waals surface area (Å²) in [5.74, 6) is 0.454. The van der Waals surface area contributed by atoms with E-state index in [1.807, 2.05) is 0 Å². The molecule has 26 heavy (non-hydrogen) atoms. The second-order valence-corrected chi connectivity index (χ2v) is 6.20. The van der Waals surface area contributed by atoms with Crippen molar-refractivity contribution >= 4 is 17.5 Å². The van der Waals surface area contributed by atoms with Crippen LogP contribution in [0.25, 0.3) is 0 Å². The van der Waals surface area contributed by atoms with Gasteiger partial charge in [-0.05, 0) is 48.2 Å². The molecule has 2 amide bonds. The summed E-state index contributed by atoms with van der Waals surface area (Å²) in [5, 5.41) is 2.78. The number of aryl methyl sites for hydroxylation is 2. The third kappa shape index (κ3) is 5.92. The molecule has 0 atom stereocenters. The molecule has 0 radical (unpaired) electrons. The van der Waals surface area contributed by atoms with E-state index in [9.17, 15) is 9.59 Å². The number of hydrogen-bond acceptors (Lipinski definition) is 3. The molecule has 0 aliphatic rings. The van der Waals surface area contributed by atoms with Crippen molar-refractivity contribution in [2.45, 2.75) is 26.2 Å². The second-order valence-electron chi connectivity index (χ2n) is 6.20. The maximum atomic E-state index is 12.2. The van der Waals surface area contributed by atoms with E-state index in [-0.39, 0.29) is 18.4 Å². The summed E-state index contributed by atoms with van der Waals surface area (Å²) >= 11 is 0. The largest absolute Gasteiger partial charge is 0.497 e. The third-order valence-electron chi connectivity index (χ3n) is 4.24. The van der Waals surface area contributed by atoms with Gasteiger partial charge in [-0.25, -0.2) is 0 Å². The maximum absolute atomic E-state index is 12.2. The summed E-state index contributed by atoms with van der Waals surface area (Å²) in [6.45, 7) is 2.14. The van der Waals surface area contributed by atoms with Gasteiger partial charge in [0.25, 0.3) is 0 Å². The minimum absolute atomic E-state index is 0.0274. The van der Waals surface area contributed by atoms with Crippen molar-refractivity contribution in [3.63, 3.8) is 0 Å². The van der Waals surface area contributed by atoms with Crippen molar-refractivity contribution in [3.8, 4) is 5.75 Å². The number of nitrogens with one attached hydrogen (secondary N) is 1. The molecule has 2 rings (SSSR count). The highest BCUT2D eigenvalue weighted by Crippen LogP contribution is 2.15. The lowest BCUT2D eigenvalue weighted by atomic mass is 10.1. The molecule has 138 valence electrons. The number of carbonyl (C=O) groups is 2. The highest BCUT2D eigenvalue weighted by Gasteiger charge is 2.13. The van der Waals surface area contributed by atoms with Crippen LogP contribution in [0.1, 0.15) is 24.5 Å².